The van der Waals surface area contributed by atoms with Crippen LogP contribution in [-0.2, 0) is 53.1 Å². The first-order valence-corrected chi connectivity index (χ1v) is 21.2. The van der Waals surface area contributed by atoms with Gasteiger partial charge in [0.25, 0.3) is 0 Å². The predicted molar refractivity (Wildman–Crippen MR) is 113 cm³/mol. The van der Waals surface area contributed by atoms with Gasteiger partial charge in [0.15, 0.2) is 0 Å². The van der Waals surface area contributed by atoms with Gasteiger partial charge < -0.3 is 53.1 Å². The molecule has 0 aromatic carbocycles. The van der Waals surface area contributed by atoms with Gasteiger partial charge in [0.1, 0.15) is 0 Å². The molecule has 0 atom stereocenters. The van der Waals surface area contributed by atoms with E-state index in [9.17, 15) is 0 Å². The van der Waals surface area contributed by atoms with Crippen LogP contribution in [0, 0.1) is 0 Å². The van der Waals surface area contributed by atoms with E-state index in [1.807, 2.05) is 0 Å². The molecular weight excluding hydrogens is 477 g/mol. The molecule has 0 aliphatic carbocycles. The van der Waals surface area contributed by atoms with E-state index in [4.69, 9.17) is 53.1 Å². The molecule has 12 nitrogen and oxygen atoms in total. The Morgan fingerprint density at radius 3 is 0.517 bits per heavy atom. The van der Waals surface area contributed by atoms with Crippen molar-refractivity contribution < 1.29 is 53.1 Å². The van der Waals surface area contributed by atoms with Crippen molar-refractivity contribution in [2.45, 2.75) is 0 Å². The number of hydrogen-bond donors (Lipinski definition) is 0. The van der Waals surface area contributed by atoms with Crippen LogP contribution in [0.2, 0.25) is 0 Å². The molecule has 0 spiro atoms. The summed E-state index contributed by atoms with van der Waals surface area (Å²) in [7, 11) is -1.68. The Kier molecular flexibility index (Phi) is 12.3. The Balaban J connectivity index is 7.60. The third kappa shape index (κ3) is 3.84. The first-order chi connectivity index (χ1) is 13.7. The van der Waals surface area contributed by atoms with Crippen molar-refractivity contribution in [3.05, 3.63) is 0 Å². The van der Waals surface area contributed by atoms with Gasteiger partial charge in [-0.1, -0.05) is 0 Å². The van der Waals surface area contributed by atoms with E-state index < -0.39 is 39.4 Å². The number of rotatable bonds is 16. The topological polar surface area (TPSA) is 111 Å². The Labute approximate surface area is 178 Å². The summed E-state index contributed by atoms with van der Waals surface area (Å²) in [4.78, 5) is 0. The monoisotopic (exact) mass is 512 g/mol. The molecule has 0 amide bonds. The Morgan fingerprint density at radius 1 is 0.241 bits per heavy atom. The highest BCUT2D eigenvalue weighted by Gasteiger charge is 2.95. The molecule has 0 N–H and O–H groups in total. The lowest BCUT2D eigenvalue weighted by atomic mass is 11.8. The van der Waals surface area contributed by atoms with Crippen LogP contribution in [-0.4, -0.2) is 125 Å². The van der Waals surface area contributed by atoms with Crippen LogP contribution in [0.25, 0.3) is 0 Å². The van der Waals surface area contributed by atoms with Crippen molar-refractivity contribution in [1.82, 2.24) is 0 Å². The Morgan fingerprint density at radius 2 is 0.414 bits per heavy atom. The lowest BCUT2D eigenvalue weighted by Gasteiger charge is -2.52. The molecule has 0 heterocycles. The van der Waals surface area contributed by atoms with Gasteiger partial charge in [0, 0.05) is 85.3 Å². The molecule has 0 aliphatic heterocycles. The summed E-state index contributed by atoms with van der Waals surface area (Å²) < 4.78 is 71.1. The molecule has 0 rings (SSSR count). The molecule has 0 radical (unpaired) electrons. The third-order valence-electron chi connectivity index (χ3n) is 5.01. The molecule has 0 unspecified atom stereocenters. The molecule has 0 fully saturated rings. The van der Waals surface area contributed by atoms with Gasteiger partial charge in [-0.25, -0.2) is 0 Å². The van der Waals surface area contributed by atoms with Crippen molar-refractivity contribution in [3.63, 3.8) is 0 Å². The summed E-state index contributed by atoms with van der Waals surface area (Å²) in [5.41, 5.74) is 0. The predicted octanol–water partition coefficient (Wildman–Crippen LogP) is -0.739. The fourth-order valence-electron chi connectivity index (χ4n) is 3.75. The molecule has 29 heavy (non-hydrogen) atoms. The van der Waals surface area contributed by atoms with E-state index in [2.05, 4.69) is 0 Å². The summed E-state index contributed by atoms with van der Waals surface area (Å²) in [6.45, 7) is 0. The van der Waals surface area contributed by atoms with E-state index in [0.29, 0.717) is 0 Å². The molecule has 176 valence electrons. The summed E-state index contributed by atoms with van der Waals surface area (Å²) in [5, 5.41) is 0. The van der Waals surface area contributed by atoms with Crippen LogP contribution in [0.5, 0.6) is 0 Å². The third-order valence-corrected chi connectivity index (χ3v) is 57.9. The highest BCUT2D eigenvalue weighted by molar-refractivity contribution is 7.83. The average Bonchev–Trinajstić information content (AvgIpc) is 2.79. The van der Waals surface area contributed by atoms with Crippen molar-refractivity contribution in [2.75, 3.05) is 85.3 Å². The van der Waals surface area contributed by atoms with E-state index in [0.717, 1.165) is 0 Å². The second-order valence-corrected chi connectivity index (χ2v) is 36.3. The maximum atomic E-state index is 6.13. The standard InChI is InChI=1S/C12H36O12Si5/c1-13-25(14-2,15-3)27(19-7,20-8)29(23-11,24-12)28(21-9,22-10)26(16-4,17-5)18-6/h1-12H3. The molecule has 0 aromatic rings. The van der Waals surface area contributed by atoms with Gasteiger partial charge >= 0.3 is 39.4 Å². The highest BCUT2D eigenvalue weighted by atomic mass is 30.0. The zero-order valence-electron chi connectivity index (χ0n) is 19.4. The zero-order valence-corrected chi connectivity index (χ0v) is 24.4. The van der Waals surface area contributed by atoms with E-state index in [-0.39, 0.29) is 0 Å². The minimum Gasteiger partial charge on any atom is -0.396 e. The number of hydrogen-bond acceptors (Lipinski definition) is 12. The lowest BCUT2D eigenvalue weighted by Crippen LogP contribution is -2.97. The van der Waals surface area contributed by atoms with Crippen molar-refractivity contribution in [1.29, 1.82) is 0 Å². The smallest absolute Gasteiger partial charge is 0.396 e. The zero-order chi connectivity index (χ0) is 23.0. The van der Waals surface area contributed by atoms with Gasteiger partial charge in [-0.2, -0.15) is 0 Å². The van der Waals surface area contributed by atoms with Gasteiger partial charge in [0.2, 0.25) is 0 Å². The molecule has 0 saturated heterocycles. The van der Waals surface area contributed by atoms with Crippen LogP contribution < -0.4 is 0 Å². The minimum atomic E-state index is -3.94. The molecule has 0 aromatic heterocycles. The fraction of sp³-hybridized carbons (Fsp3) is 1.00. The summed E-state index contributed by atoms with van der Waals surface area (Å²) in [6.07, 6.45) is 0. The molecule has 17 heteroatoms. The molecule has 0 aliphatic rings. The van der Waals surface area contributed by atoms with Crippen molar-refractivity contribution in [2.24, 2.45) is 0 Å². The van der Waals surface area contributed by atoms with E-state index in [1.54, 1.807) is 0 Å². The first-order valence-electron chi connectivity index (χ1n) is 8.35. The second-order valence-electron chi connectivity index (χ2n) is 5.41. The molecular formula is C12H36O12Si5. The Bertz CT molecular complexity index is 412. The van der Waals surface area contributed by atoms with Crippen LogP contribution in [0.3, 0.4) is 0 Å². The van der Waals surface area contributed by atoms with Gasteiger partial charge in [0.05, 0.1) is 0 Å². The van der Waals surface area contributed by atoms with E-state index in [1.165, 1.54) is 85.3 Å². The second kappa shape index (κ2) is 12.0. The van der Waals surface area contributed by atoms with Crippen molar-refractivity contribution >= 4 is 39.4 Å². The van der Waals surface area contributed by atoms with Crippen LogP contribution in [0.4, 0.5) is 0 Å². The van der Waals surface area contributed by atoms with Crippen LogP contribution >= 0.6 is 0 Å². The highest BCUT2D eigenvalue weighted by Crippen LogP contribution is 2.42. The quantitative estimate of drug-likeness (QED) is 0.243. The maximum absolute atomic E-state index is 6.13. The normalized spacial score (nSPS) is 14.5. The van der Waals surface area contributed by atoms with Crippen molar-refractivity contribution in [3.8, 4) is 0 Å². The fourth-order valence-corrected chi connectivity index (χ4v) is 73.8. The largest absolute Gasteiger partial charge is 0.540 e. The summed E-state index contributed by atoms with van der Waals surface area (Å²) in [6, 6.07) is 0. The SMILES string of the molecule is CO[Si](OC)(OC)[Si](OC)(OC)[Si](OC)(OC)[Si](OC)(OC)[Si](OC)(OC)OC. The van der Waals surface area contributed by atoms with Crippen LogP contribution in [0.15, 0.2) is 0 Å². The molecule has 0 bridgehead atoms. The van der Waals surface area contributed by atoms with Crippen LogP contribution in [0.1, 0.15) is 0 Å². The van der Waals surface area contributed by atoms with Gasteiger partial charge in [-0.05, 0) is 0 Å². The molecule has 0 saturated carbocycles. The van der Waals surface area contributed by atoms with Gasteiger partial charge in [-0.3, -0.25) is 0 Å². The maximum Gasteiger partial charge on any atom is 0.540 e. The van der Waals surface area contributed by atoms with E-state index >= 15 is 0 Å². The van der Waals surface area contributed by atoms with Gasteiger partial charge in [-0.15, -0.1) is 0 Å². The Hall–Kier alpha value is 0.604. The lowest BCUT2D eigenvalue weighted by molar-refractivity contribution is 0.105. The minimum absolute atomic E-state index is 1.44. The first kappa shape index (κ1) is 29.6. The summed E-state index contributed by atoms with van der Waals surface area (Å²) >= 11 is 0. The average molecular weight is 513 g/mol. The summed E-state index contributed by atoms with van der Waals surface area (Å²) in [5.74, 6) is 0.